The van der Waals surface area contributed by atoms with Crippen LogP contribution < -0.4 is 0 Å². The van der Waals surface area contributed by atoms with E-state index >= 15 is 0 Å². The van der Waals surface area contributed by atoms with Crippen LogP contribution in [0.4, 0.5) is 4.39 Å². The Kier molecular flexibility index (Phi) is 5.79. The molecule has 25 heavy (non-hydrogen) atoms. The molecule has 1 aliphatic heterocycles. The Hall–Kier alpha value is -2.24. The Morgan fingerprint density at radius 2 is 1.64 bits per heavy atom. The second-order valence-corrected chi connectivity index (χ2v) is 6.23. The molecule has 1 aliphatic rings. The number of piperazine rings is 1. The van der Waals surface area contributed by atoms with Gasteiger partial charge in [-0.05, 0) is 17.2 Å². The van der Waals surface area contributed by atoms with Crippen molar-refractivity contribution in [2.75, 3.05) is 39.9 Å². The van der Waals surface area contributed by atoms with Crippen molar-refractivity contribution in [3.8, 4) is 11.1 Å². The second kappa shape index (κ2) is 8.23. The molecular weight excluding hydrogens is 319 g/mol. The number of rotatable bonds is 5. The van der Waals surface area contributed by atoms with E-state index in [-0.39, 0.29) is 18.3 Å². The molecule has 0 unspecified atom stereocenters. The first-order valence-electron chi connectivity index (χ1n) is 8.51. The first-order chi connectivity index (χ1) is 12.2. The van der Waals surface area contributed by atoms with Crippen LogP contribution >= 0.6 is 0 Å². The van der Waals surface area contributed by atoms with Gasteiger partial charge in [-0.2, -0.15) is 0 Å². The van der Waals surface area contributed by atoms with Gasteiger partial charge >= 0.3 is 0 Å². The summed E-state index contributed by atoms with van der Waals surface area (Å²) in [7, 11) is 1.54. The summed E-state index contributed by atoms with van der Waals surface area (Å²) >= 11 is 0. The number of carbonyl (C=O) groups is 1. The molecule has 2 aromatic rings. The summed E-state index contributed by atoms with van der Waals surface area (Å²) in [5.74, 6) is -0.168. The zero-order valence-electron chi connectivity index (χ0n) is 14.5. The molecule has 0 spiro atoms. The fourth-order valence-corrected chi connectivity index (χ4v) is 3.21. The number of carbonyl (C=O) groups excluding carboxylic acids is 1. The molecular formula is C20H23FN2O2. The Balaban J connectivity index is 1.69. The quantitative estimate of drug-likeness (QED) is 0.838. The fraction of sp³-hybridized carbons (Fsp3) is 0.350. The lowest BCUT2D eigenvalue weighted by atomic mass is 9.98. The molecule has 0 aliphatic carbocycles. The molecule has 3 rings (SSSR count). The Bertz CT molecular complexity index is 727. The highest BCUT2D eigenvalue weighted by Crippen LogP contribution is 2.27. The van der Waals surface area contributed by atoms with E-state index in [2.05, 4.69) is 4.90 Å². The number of ether oxygens (including phenoxy) is 1. The number of nitrogens with zero attached hydrogens (tertiary/aromatic N) is 2. The van der Waals surface area contributed by atoms with Crippen LogP contribution in [0.3, 0.4) is 0 Å². The van der Waals surface area contributed by atoms with Crippen LogP contribution in [0.15, 0.2) is 48.5 Å². The van der Waals surface area contributed by atoms with Gasteiger partial charge in [0.1, 0.15) is 12.4 Å². The number of halogens is 1. The predicted octanol–water partition coefficient (Wildman–Crippen LogP) is 2.78. The number of amides is 1. The van der Waals surface area contributed by atoms with Gasteiger partial charge in [0.05, 0.1) is 0 Å². The fourth-order valence-electron chi connectivity index (χ4n) is 3.21. The normalized spacial score (nSPS) is 15.4. The van der Waals surface area contributed by atoms with Gasteiger partial charge in [0.15, 0.2) is 0 Å². The summed E-state index contributed by atoms with van der Waals surface area (Å²) in [6, 6.07) is 14.8. The molecule has 0 radical (unpaired) electrons. The van der Waals surface area contributed by atoms with Crippen LogP contribution in [0.25, 0.3) is 11.1 Å². The largest absolute Gasteiger partial charge is 0.375 e. The minimum Gasteiger partial charge on any atom is -0.375 e. The van der Waals surface area contributed by atoms with Crippen molar-refractivity contribution < 1.29 is 13.9 Å². The van der Waals surface area contributed by atoms with Crippen molar-refractivity contribution in [1.82, 2.24) is 9.80 Å². The lowest BCUT2D eigenvalue weighted by Crippen LogP contribution is -2.49. The highest BCUT2D eigenvalue weighted by molar-refractivity contribution is 5.77. The molecule has 0 bridgehead atoms. The maximum absolute atomic E-state index is 14.2. The van der Waals surface area contributed by atoms with Crippen molar-refractivity contribution in [2.45, 2.75) is 6.54 Å². The van der Waals surface area contributed by atoms with E-state index in [4.69, 9.17) is 4.74 Å². The summed E-state index contributed by atoms with van der Waals surface area (Å²) in [6.45, 7) is 3.89. The number of hydrogen-bond acceptors (Lipinski definition) is 3. The maximum atomic E-state index is 14.2. The first kappa shape index (κ1) is 17.6. The smallest absolute Gasteiger partial charge is 0.248 e. The van der Waals surface area contributed by atoms with Gasteiger partial charge in [-0.15, -0.1) is 0 Å². The molecule has 132 valence electrons. The van der Waals surface area contributed by atoms with Crippen molar-refractivity contribution in [3.05, 3.63) is 59.9 Å². The van der Waals surface area contributed by atoms with E-state index < -0.39 is 0 Å². The Labute approximate surface area is 147 Å². The van der Waals surface area contributed by atoms with E-state index in [0.29, 0.717) is 18.7 Å². The average Bonchev–Trinajstić information content (AvgIpc) is 2.64. The van der Waals surface area contributed by atoms with Gasteiger partial charge < -0.3 is 9.64 Å². The minimum atomic E-state index is -0.204. The summed E-state index contributed by atoms with van der Waals surface area (Å²) in [5, 5.41) is 0. The lowest BCUT2D eigenvalue weighted by molar-refractivity contribution is -0.136. The third kappa shape index (κ3) is 4.24. The lowest BCUT2D eigenvalue weighted by Gasteiger charge is -2.35. The SMILES string of the molecule is COCC(=O)N1CCN(Cc2ccccc2-c2ccccc2F)CC1. The molecule has 1 heterocycles. The van der Waals surface area contributed by atoms with Crippen molar-refractivity contribution in [3.63, 3.8) is 0 Å². The minimum absolute atomic E-state index is 0.0360. The summed E-state index contributed by atoms with van der Waals surface area (Å²) in [6.07, 6.45) is 0. The highest BCUT2D eigenvalue weighted by atomic mass is 19.1. The highest BCUT2D eigenvalue weighted by Gasteiger charge is 2.21. The van der Waals surface area contributed by atoms with Crippen LogP contribution in [-0.4, -0.2) is 55.6 Å². The van der Waals surface area contributed by atoms with Gasteiger partial charge in [-0.25, -0.2) is 4.39 Å². The standard InChI is InChI=1S/C20H23FN2O2/c1-25-15-20(24)23-12-10-22(11-13-23)14-16-6-2-3-7-17(16)18-8-4-5-9-19(18)21/h2-9H,10-15H2,1H3. The average molecular weight is 342 g/mol. The van der Waals surface area contributed by atoms with Crippen molar-refractivity contribution in [2.24, 2.45) is 0 Å². The van der Waals surface area contributed by atoms with E-state index in [9.17, 15) is 9.18 Å². The Morgan fingerprint density at radius 3 is 2.32 bits per heavy atom. The van der Waals surface area contributed by atoms with E-state index in [1.165, 1.54) is 13.2 Å². The Morgan fingerprint density at radius 1 is 1.00 bits per heavy atom. The molecule has 1 amide bonds. The number of methoxy groups -OCH3 is 1. The molecule has 0 aromatic heterocycles. The van der Waals surface area contributed by atoms with Crippen molar-refractivity contribution >= 4 is 5.91 Å². The van der Waals surface area contributed by atoms with Gasteiger partial charge in [0.2, 0.25) is 5.91 Å². The maximum Gasteiger partial charge on any atom is 0.248 e. The van der Waals surface area contributed by atoms with E-state index in [1.54, 1.807) is 6.07 Å². The van der Waals surface area contributed by atoms with Crippen LogP contribution in [0, 0.1) is 5.82 Å². The monoisotopic (exact) mass is 342 g/mol. The molecule has 2 aromatic carbocycles. The van der Waals surface area contributed by atoms with Crippen LogP contribution in [0.5, 0.6) is 0 Å². The zero-order valence-corrected chi connectivity index (χ0v) is 14.5. The molecule has 1 fully saturated rings. The number of benzene rings is 2. The van der Waals surface area contributed by atoms with Crippen molar-refractivity contribution in [1.29, 1.82) is 0 Å². The molecule has 5 heteroatoms. The molecule has 4 nitrogen and oxygen atoms in total. The van der Waals surface area contributed by atoms with Gasteiger partial charge in [-0.1, -0.05) is 42.5 Å². The van der Waals surface area contributed by atoms with Crippen LogP contribution in [0.1, 0.15) is 5.56 Å². The van der Waals surface area contributed by atoms with Gasteiger partial charge in [0.25, 0.3) is 0 Å². The molecule has 0 atom stereocenters. The zero-order chi connectivity index (χ0) is 17.6. The third-order valence-electron chi connectivity index (χ3n) is 4.57. The third-order valence-corrected chi connectivity index (χ3v) is 4.57. The topological polar surface area (TPSA) is 32.8 Å². The van der Waals surface area contributed by atoms with Gasteiger partial charge in [-0.3, -0.25) is 9.69 Å². The van der Waals surface area contributed by atoms with Crippen LogP contribution in [-0.2, 0) is 16.1 Å². The molecule has 1 saturated heterocycles. The first-order valence-corrected chi connectivity index (χ1v) is 8.51. The molecule has 0 saturated carbocycles. The summed E-state index contributed by atoms with van der Waals surface area (Å²) in [4.78, 5) is 16.0. The van der Waals surface area contributed by atoms with Gasteiger partial charge in [0, 0.05) is 45.4 Å². The van der Waals surface area contributed by atoms with E-state index in [1.807, 2.05) is 41.3 Å². The van der Waals surface area contributed by atoms with E-state index in [0.717, 1.165) is 30.8 Å². The van der Waals surface area contributed by atoms with Crippen LogP contribution in [0.2, 0.25) is 0 Å². The summed E-state index contributed by atoms with van der Waals surface area (Å²) in [5.41, 5.74) is 2.66. The summed E-state index contributed by atoms with van der Waals surface area (Å²) < 4.78 is 19.1. The second-order valence-electron chi connectivity index (χ2n) is 6.23. The number of hydrogen-bond donors (Lipinski definition) is 0. The molecule has 0 N–H and O–H groups in total. The predicted molar refractivity (Wildman–Crippen MR) is 95.6 cm³/mol.